The lowest BCUT2D eigenvalue weighted by atomic mass is 10.2. The van der Waals surface area contributed by atoms with Gasteiger partial charge in [-0.25, -0.2) is 9.78 Å². The van der Waals surface area contributed by atoms with Crippen LogP contribution in [0.25, 0.3) is 0 Å². The minimum absolute atomic E-state index is 0.0707. The molecule has 1 aromatic heterocycles. The molecule has 0 unspecified atom stereocenters. The van der Waals surface area contributed by atoms with Gasteiger partial charge in [0.15, 0.2) is 0 Å². The highest BCUT2D eigenvalue weighted by atomic mass is 32.2. The summed E-state index contributed by atoms with van der Waals surface area (Å²) in [7, 11) is 0. The second kappa shape index (κ2) is 9.91. The summed E-state index contributed by atoms with van der Waals surface area (Å²) >= 11 is 1.90. The van der Waals surface area contributed by atoms with Crippen LogP contribution < -0.4 is 9.80 Å². The number of esters is 1. The van der Waals surface area contributed by atoms with Gasteiger partial charge in [-0.3, -0.25) is 9.59 Å². The zero-order chi connectivity index (χ0) is 20.8. The van der Waals surface area contributed by atoms with Gasteiger partial charge >= 0.3 is 5.97 Å². The standard InChI is InChI=1S/C19H27N5O4S/c1-3-28-18(27)15-13-20-19(24-8-10-29-11-9-24)21-17(15)23-6-4-22(5-7-23)16(26)12-14(2)25/h13H,3-12H2,1-2H3. The quantitative estimate of drug-likeness (QED) is 0.489. The molecule has 1 amide bonds. The lowest BCUT2D eigenvalue weighted by molar-refractivity contribution is -0.135. The number of anilines is 2. The van der Waals surface area contributed by atoms with E-state index in [1.807, 2.05) is 16.7 Å². The first-order chi connectivity index (χ1) is 14.0. The van der Waals surface area contributed by atoms with Crippen LogP contribution in [-0.2, 0) is 14.3 Å². The summed E-state index contributed by atoms with van der Waals surface area (Å²) in [5.74, 6) is 2.47. The first-order valence-corrected chi connectivity index (χ1v) is 11.0. The SMILES string of the molecule is CCOC(=O)c1cnc(N2CCSCC2)nc1N1CCN(C(=O)CC(C)=O)CC1. The predicted molar refractivity (Wildman–Crippen MR) is 112 cm³/mol. The molecule has 0 N–H and O–H groups in total. The van der Waals surface area contributed by atoms with Crippen molar-refractivity contribution in [1.29, 1.82) is 0 Å². The maximum atomic E-state index is 12.4. The van der Waals surface area contributed by atoms with Crippen LogP contribution in [0.15, 0.2) is 6.20 Å². The van der Waals surface area contributed by atoms with Gasteiger partial charge in [-0.2, -0.15) is 16.7 Å². The molecule has 0 spiro atoms. The van der Waals surface area contributed by atoms with E-state index in [1.165, 1.54) is 6.92 Å². The molecule has 1 aromatic rings. The van der Waals surface area contributed by atoms with E-state index in [0.717, 1.165) is 24.6 Å². The van der Waals surface area contributed by atoms with Crippen molar-refractivity contribution in [1.82, 2.24) is 14.9 Å². The molecule has 9 nitrogen and oxygen atoms in total. The van der Waals surface area contributed by atoms with Gasteiger partial charge in [0, 0.05) is 57.0 Å². The van der Waals surface area contributed by atoms with E-state index in [1.54, 1.807) is 18.0 Å². The fourth-order valence-corrected chi connectivity index (χ4v) is 4.27. The molecule has 2 saturated heterocycles. The lowest BCUT2D eigenvalue weighted by Crippen LogP contribution is -2.49. The number of hydrogen-bond acceptors (Lipinski definition) is 9. The van der Waals surface area contributed by atoms with Crippen molar-refractivity contribution in [2.24, 2.45) is 0 Å². The third-order valence-electron chi connectivity index (χ3n) is 4.88. The molecular formula is C19H27N5O4S. The molecule has 10 heteroatoms. The number of hydrogen-bond donors (Lipinski definition) is 0. The van der Waals surface area contributed by atoms with Crippen LogP contribution in [0.2, 0.25) is 0 Å². The number of amides is 1. The number of Topliss-reactive ketones (excluding diaryl/α,β-unsaturated/α-hetero) is 1. The Bertz CT molecular complexity index is 761. The third kappa shape index (κ3) is 5.37. The molecule has 158 valence electrons. The Morgan fingerprint density at radius 2 is 1.76 bits per heavy atom. The van der Waals surface area contributed by atoms with Gasteiger partial charge in [-0.15, -0.1) is 0 Å². The number of rotatable bonds is 6. The van der Waals surface area contributed by atoms with Crippen LogP contribution in [0.4, 0.5) is 11.8 Å². The maximum absolute atomic E-state index is 12.4. The van der Waals surface area contributed by atoms with E-state index in [-0.39, 0.29) is 24.7 Å². The Morgan fingerprint density at radius 1 is 1.07 bits per heavy atom. The number of nitrogens with zero attached hydrogens (tertiary/aromatic N) is 5. The summed E-state index contributed by atoms with van der Waals surface area (Å²) in [6.07, 6.45) is 1.48. The smallest absolute Gasteiger partial charge is 0.343 e. The first-order valence-electron chi connectivity index (χ1n) is 9.88. The molecule has 0 bridgehead atoms. The summed E-state index contributed by atoms with van der Waals surface area (Å²) < 4.78 is 5.18. The van der Waals surface area contributed by atoms with Crippen LogP contribution in [0, 0.1) is 0 Å². The fraction of sp³-hybridized carbons (Fsp3) is 0.632. The van der Waals surface area contributed by atoms with Crippen molar-refractivity contribution in [3.63, 3.8) is 0 Å². The normalized spacial score (nSPS) is 17.2. The highest BCUT2D eigenvalue weighted by Crippen LogP contribution is 2.24. The van der Waals surface area contributed by atoms with Gasteiger partial charge in [0.2, 0.25) is 11.9 Å². The number of aromatic nitrogens is 2. The van der Waals surface area contributed by atoms with Crippen molar-refractivity contribution in [3.05, 3.63) is 11.8 Å². The van der Waals surface area contributed by atoms with E-state index < -0.39 is 5.97 Å². The maximum Gasteiger partial charge on any atom is 0.343 e. The number of ether oxygens (including phenoxy) is 1. The van der Waals surface area contributed by atoms with Crippen LogP contribution in [0.5, 0.6) is 0 Å². The number of piperazine rings is 1. The molecule has 29 heavy (non-hydrogen) atoms. The minimum Gasteiger partial charge on any atom is -0.462 e. The Labute approximate surface area is 174 Å². The molecule has 2 aliphatic rings. The van der Waals surface area contributed by atoms with Crippen LogP contribution in [-0.4, -0.2) is 89.9 Å². The highest BCUT2D eigenvalue weighted by molar-refractivity contribution is 7.99. The summed E-state index contributed by atoms with van der Waals surface area (Å²) in [6, 6.07) is 0. The van der Waals surface area contributed by atoms with Gasteiger partial charge in [0.1, 0.15) is 17.2 Å². The predicted octanol–water partition coefficient (Wildman–Crippen LogP) is 0.834. The van der Waals surface area contributed by atoms with Crippen LogP contribution in [0.3, 0.4) is 0 Å². The van der Waals surface area contributed by atoms with Gasteiger partial charge in [-0.1, -0.05) is 0 Å². The van der Waals surface area contributed by atoms with E-state index in [2.05, 4.69) is 9.88 Å². The Kier molecular flexibility index (Phi) is 7.29. The second-order valence-corrected chi connectivity index (χ2v) is 8.20. The Hall–Kier alpha value is -2.36. The Morgan fingerprint density at radius 3 is 2.38 bits per heavy atom. The number of carbonyl (C=O) groups is 3. The van der Waals surface area contributed by atoms with Gasteiger partial charge in [0.05, 0.1) is 13.0 Å². The number of ketones is 1. The third-order valence-corrected chi connectivity index (χ3v) is 5.82. The first kappa shape index (κ1) is 21.4. The van der Waals surface area contributed by atoms with E-state index >= 15 is 0 Å². The molecule has 3 rings (SSSR count). The van der Waals surface area contributed by atoms with Crippen molar-refractivity contribution >= 4 is 41.2 Å². The van der Waals surface area contributed by atoms with Gasteiger partial charge < -0.3 is 19.4 Å². The zero-order valence-electron chi connectivity index (χ0n) is 16.9. The minimum atomic E-state index is -0.446. The largest absolute Gasteiger partial charge is 0.462 e. The lowest BCUT2D eigenvalue weighted by Gasteiger charge is -2.36. The van der Waals surface area contributed by atoms with Crippen LogP contribution in [0.1, 0.15) is 30.6 Å². The molecule has 2 aliphatic heterocycles. The van der Waals surface area contributed by atoms with Crippen molar-refractivity contribution in [2.45, 2.75) is 20.3 Å². The summed E-state index contributed by atoms with van der Waals surface area (Å²) in [5, 5.41) is 0. The van der Waals surface area contributed by atoms with Crippen LogP contribution >= 0.6 is 11.8 Å². The zero-order valence-corrected chi connectivity index (χ0v) is 17.7. The Balaban J connectivity index is 1.79. The van der Waals surface area contributed by atoms with Gasteiger partial charge in [-0.05, 0) is 13.8 Å². The average Bonchev–Trinajstić information content (AvgIpc) is 2.74. The summed E-state index contributed by atoms with van der Waals surface area (Å²) in [5.41, 5.74) is 0.338. The monoisotopic (exact) mass is 421 g/mol. The molecular weight excluding hydrogens is 394 g/mol. The van der Waals surface area contributed by atoms with Crippen molar-refractivity contribution < 1.29 is 19.1 Å². The number of thioether (sulfide) groups is 1. The van der Waals surface area contributed by atoms with Gasteiger partial charge in [0.25, 0.3) is 0 Å². The molecule has 2 fully saturated rings. The van der Waals surface area contributed by atoms with Crippen molar-refractivity contribution in [2.75, 3.05) is 67.2 Å². The van der Waals surface area contributed by atoms with E-state index in [9.17, 15) is 14.4 Å². The van der Waals surface area contributed by atoms with E-state index in [0.29, 0.717) is 43.5 Å². The highest BCUT2D eigenvalue weighted by Gasteiger charge is 2.27. The number of carbonyl (C=O) groups excluding carboxylic acids is 3. The fourth-order valence-electron chi connectivity index (χ4n) is 3.37. The average molecular weight is 422 g/mol. The molecule has 0 aliphatic carbocycles. The topological polar surface area (TPSA) is 95.9 Å². The molecule has 0 atom stereocenters. The van der Waals surface area contributed by atoms with E-state index in [4.69, 9.17) is 9.72 Å². The van der Waals surface area contributed by atoms with Crippen molar-refractivity contribution in [3.8, 4) is 0 Å². The molecule has 0 saturated carbocycles. The molecule has 0 radical (unpaired) electrons. The second-order valence-electron chi connectivity index (χ2n) is 6.97. The molecule has 0 aromatic carbocycles. The summed E-state index contributed by atoms with van der Waals surface area (Å²) in [6.45, 7) is 7.22. The molecule has 3 heterocycles. The summed E-state index contributed by atoms with van der Waals surface area (Å²) in [4.78, 5) is 50.7.